The van der Waals surface area contributed by atoms with Gasteiger partial charge in [0.1, 0.15) is 40.4 Å². The van der Waals surface area contributed by atoms with Gasteiger partial charge in [-0.1, -0.05) is 0 Å². The zero-order valence-corrected chi connectivity index (χ0v) is 15.9. The van der Waals surface area contributed by atoms with E-state index in [1.165, 1.54) is 12.0 Å². The molecule has 0 saturated heterocycles. The Morgan fingerprint density at radius 1 is 0.577 bits per heavy atom. The first-order valence-corrected chi connectivity index (χ1v) is 7.71. The second kappa shape index (κ2) is 12.5. The summed E-state index contributed by atoms with van der Waals surface area (Å²) in [5.41, 5.74) is 0. The first-order chi connectivity index (χ1) is 12.6. The third-order valence-corrected chi connectivity index (χ3v) is 3.04. The summed E-state index contributed by atoms with van der Waals surface area (Å²) in [5, 5.41) is 9.60. The van der Waals surface area contributed by atoms with Crippen LogP contribution in [0.25, 0.3) is 0 Å². The highest BCUT2D eigenvalue weighted by Gasteiger charge is 2.20. The van der Waals surface area contributed by atoms with E-state index in [-0.39, 0.29) is 46.3 Å². The fraction of sp³-hybridized carbons (Fsp3) is 0.786. The van der Waals surface area contributed by atoms with E-state index in [2.05, 4.69) is 15.0 Å². The Balaban J connectivity index is 3.35. The zero-order valence-electron chi connectivity index (χ0n) is 15.9. The van der Waals surface area contributed by atoms with Crippen LogP contribution >= 0.6 is 0 Å². The summed E-state index contributed by atoms with van der Waals surface area (Å²) >= 11 is 0. The van der Waals surface area contributed by atoms with Crippen molar-refractivity contribution in [1.82, 2.24) is 15.0 Å². The molecule has 0 radical (unpaired) electrons. The van der Waals surface area contributed by atoms with Crippen molar-refractivity contribution >= 4 is 17.8 Å². The van der Waals surface area contributed by atoms with Crippen LogP contribution in [0.3, 0.4) is 0 Å². The number of anilines is 3. The van der Waals surface area contributed by atoms with Crippen LogP contribution < -0.4 is 14.7 Å². The van der Waals surface area contributed by atoms with E-state index in [1.54, 1.807) is 38.2 Å². The van der Waals surface area contributed by atoms with Gasteiger partial charge in [0.2, 0.25) is 17.8 Å². The maximum absolute atomic E-state index is 9.60. The quantitative estimate of drug-likeness (QED) is 0.412. The Kier molecular flexibility index (Phi) is 10.7. The molecule has 0 amide bonds. The van der Waals surface area contributed by atoms with Gasteiger partial charge in [0.05, 0.1) is 0 Å². The molecule has 1 aromatic rings. The summed E-state index contributed by atoms with van der Waals surface area (Å²) in [7, 11) is 7.73. The van der Waals surface area contributed by atoms with Crippen LogP contribution in [0.15, 0.2) is 0 Å². The molecule has 1 heterocycles. The number of aromatic nitrogens is 3. The minimum absolute atomic E-state index is 0.0997. The van der Waals surface area contributed by atoms with Crippen LogP contribution in [0, 0.1) is 0 Å². The third-order valence-electron chi connectivity index (χ3n) is 3.04. The van der Waals surface area contributed by atoms with Crippen molar-refractivity contribution in [2.45, 2.75) is 0 Å². The Hall–Kier alpha value is -1.83. The van der Waals surface area contributed by atoms with Crippen LogP contribution in [-0.2, 0) is 23.7 Å². The molecule has 0 atom stereocenters. The predicted molar refractivity (Wildman–Crippen MR) is 93.7 cm³/mol. The highest BCUT2D eigenvalue weighted by Crippen LogP contribution is 2.19. The molecule has 0 aliphatic heterocycles. The van der Waals surface area contributed by atoms with Crippen LogP contribution in [0.2, 0.25) is 0 Å². The molecule has 1 aromatic heterocycles. The van der Waals surface area contributed by atoms with Crippen molar-refractivity contribution in [3.63, 3.8) is 0 Å². The number of hydrogen-bond acceptors (Lipinski definition) is 12. The first kappa shape index (κ1) is 22.2. The van der Waals surface area contributed by atoms with Crippen molar-refractivity contribution in [3.8, 4) is 0 Å². The fourth-order valence-corrected chi connectivity index (χ4v) is 2.01. The van der Waals surface area contributed by atoms with Gasteiger partial charge in [0.15, 0.2) is 0 Å². The SMILES string of the molecule is COCN(CO)c1nc(N(COC)COC)nc(N(COC)COC)n1. The molecule has 0 fully saturated rings. The number of hydrogen-bond donors (Lipinski definition) is 1. The predicted octanol–water partition coefficient (Wildman–Crippen LogP) is -0.740. The van der Waals surface area contributed by atoms with Gasteiger partial charge in [0.25, 0.3) is 0 Å². The monoisotopic (exact) mass is 376 g/mol. The van der Waals surface area contributed by atoms with Crippen LogP contribution in [0.1, 0.15) is 0 Å². The van der Waals surface area contributed by atoms with E-state index >= 15 is 0 Å². The lowest BCUT2D eigenvalue weighted by atomic mass is 10.6. The minimum atomic E-state index is -0.333. The average molecular weight is 376 g/mol. The van der Waals surface area contributed by atoms with Gasteiger partial charge >= 0.3 is 0 Å². The third kappa shape index (κ3) is 6.48. The molecular formula is C14H28N6O6. The molecule has 12 heteroatoms. The lowest BCUT2D eigenvalue weighted by Gasteiger charge is -2.27. The highest BCUT2D eigenvalue weighted by molar-refractivity contribution is 5.45. The van der Waals surface area contributed by atoms with E-state index < -0.39 is 0 Å². The van der Waals surface area contributed by atoms with Crippen molar-refractivity contribution in [3.05, 3.63) is 0 Å². The summed E-state index contributed by atoms with van der Waals surface area (Å²) in [6.45, 7) is 0.578. The summed E-state index contributed by atoms with van der Waals surface area (Å²) < 4.78 is 25.8. The second-order valence-electron chi connectivity index (χ2n) is 5.09. The van der Waals surface area contributed by atoms with Gasteiger partial charge < -0.3 is 28.8 Å². The molecule has 0 saturated carbocycles. The smallest absolute Gasteiger partial charge is 0.235 e. The molecule has 0 aliphatic rings. The van der Waals surface area contributed by atoms with E-state index in [1.807, 2.05) is 0 Å². The van der Waals surface area contributed by atoms with Crippen LogP contribution in [-0.4, -0.2) is 96.0 Å². The summed E-state index contributed by atoms with van der Waals surface area (Å²) in [5.74, 6) is 0.838. The second-order valence-corrected chi connectivity index (χ2v) is 5.09. The molecule has 150 valence electrons. The van der Waals surface area contributed by atoms with Gasteiger partial charge in [-0.05, 0) is 0 Å². The molecule has 26 heavy (non-hydrogen) atoms. The van der Waals surface area contributed by atoms with Crippen LogP contribution in [0.4, 0.5) is 17.8 Å². The van der Waals surface area contributed by atoms with Gasteiger partial charge in [-0.15, -0.1) is 0 Å². The van der Waals surface area contributed by atoms with Crippen molar-refractivity contribution < 1.29 is 28.8 Å². The Morgan fingerprint density at radius 3 is 1.12 bits per heavy atom. The van der Waals surface area contributed by atoms with E-state index in [0.717, 1.165) is 0 Å². The molecule has 1 N–H and O–H groups in total. The molecule has 0 aromatic carbocycles. The lowest BCUT2D eigenvalue weighted by Crippen LogP contribution is -2.35. The fourth-order valence-electron chi connectivity index (χ4n) is 2.01. The van der Waals surface area contributed by atoms with Crippen LogP contribution in [0.5, 0.6) is 0 Å². The molecule has 0 aliphatic carbocycles. The number of nitrogens with zero attached hydrogens (tertiary/aromatic N) is 6. The maximum Gasteiger partial charge on any atom is 0.235 e. The summed E-state index contributed by atoms with van der Waals surface area (Å²) in [4.78, 5) is 18.0. The lowest BCUT2D eigenvalue weighted by molar-refractivity contribution is 0.136. The van der Waals surface area contributed by atoms with Gasteiger partial charge in [0, 0.05) is 35.5 Å². The average Bonchev–Trinajstić information content (AvgIpc) is 2.65. The Morgan fingerprint density at radius 2 is 0.846 bits per heavy atom. The van der Waals surface area contributed by atoms with E-state index in [0.29, 0.717) is 11.9 Å². The summed E-state index contributed by atoms with van der Waals surface area (Å²) in [6, 6.07) is 0. The highest BCUT2D eigenvalue weighted by atomic mass is 16.5. The first-order valence-electron chi connectivity index (χ1n) is 7.71. The normalized spacial score (nSPS) is 10.8. The number of aliphatic hydroxyl groups excluding tert-OH is 1. The molecule has 0 spiro atoms. The zero-order chi connectivity index (χ0) is 19.4. The molecule has 0 unspecified atom stereocenters. The number of aliphatic hydroxyl groups is 1. The van der Waals surface area contributed by atoms with E-state index in [4.69, 9.17) is 23.7 Å². The minimum Gasteiger partial charge on any atom is -0.376 e. The number of rotatable bonds is 14. The van der Waals surface area contributed by atoms with Gasteiger partial charge in [-0.25, -0.2) is 0 Å². The van der Waals surface area contributed by atoms with Crippen molar-refractivity contribution in [1.29, 1.82) is 0 Å². The van der Waals surface area contributed by atoms with E-state index in [9.17, 15) is 5.11 Å². The summed E-state index contributed by atoms with van der Waals surface area (Å²) in [6.07, 6.45) is 0. The van der Waals surface area contributed by atoms with Crippen molar-refractivity contribution in [2.24, 2.45) is 0 Å². The Labute approximate surface area is 153 Å². The topological polar surface area (TPSA) is 115 Å². The molecule has 12 nitrogen and oxygen atoms in total. The van der Waals surface area contributed by atoms with Gasteiger partial charge in [-0.3, -0.25) is 14.7 Å². The van der Waals surface area contributed by atoms with Crippen molar-refractivity contribution in [2.75, 3.05) is 90.6 Å². The number of ether oxygens (including phenoxy) is 5. The standard InChI is InChI=1S/C14H28N6O6/c1-22-7-18(6-21)12-15-13(19(8-23-2)9-24-3)17-14(16-12)20(10-25-4)11-26-5/h21H,6-11H2,1-5H3. The molecule has 1 rings (SSSR count). The molecule has 0 bridgehead atoms. The largest absolute Gasteiger partial charge is 0.376 e. The number of methoxy groups -OCH3 is 5. The molecular weight excluding hydrogens is 348 g/mol. The van der Waals surface area contributed by atoms with Gasteiger partial charge in [-0.2, -0.15) is 15.0 Å². The Bertz CT molecular complexity index is 465. The maximum atomic E-state index is 9.60.